The second-order valence-electron chi connectivity index (χ2n) is 6.35. The zero-order chi connectivity index (χ0) is 17.3. The van der Waals surface area contributed by atoms with Crippen molar-refractivity contribution in [1.29, 1.82) is 0 Å². The lowest BCUT2D eigenvalue weighted by atomic mass is 10.2. The van der Waals surface area contributed by atoms with Gasteiger partial charge in [0.15, 0.2) is 9.84 Å². The fourth-order valence-electron chi connectivity index (χ4n) is 3.39. The van der Waals surface area contributed by atoms with E-state index in [1.165, 1.54) is 4.70 Å². The first-order valence-corrected chi connectivity index (χ1v) is 11.0. The van der Waals surface area contributed by atoms with Crippen LogP contribution < -0.4 is 0 Å². The smallest absolute Gasteiger partial charge is 0.179 e. The van der Waals surface area contributed by atoms with Crippen molar-refractivity contribution in [2.45, 2.75) is 23.8 Å². The molecule has 1 atom stereocenters. The van der Waals surface area contributed by atoms with Gasteiger partial charge < -0.3 is 0 Å². The molecule has 1 fully saturated rings. The number of hydrogen-bond acceptors (Lipinski definition) is 5. The molecule has 2 heterocycles. The van der Waals surface area contributed by atoms with Crippen molar-refractivity contribution in [2.24, 2.45) is 0 Å². The zero-order valence-electron chi connectivity index (χ0n) is 13.8. The summed E-state index contributed by atoms with van der Waals surface area (Å²) in [7, 11) is -3.24. The average Bonchev–Trinajstić information content (AvgIpc) is 3.27. The molecule has 1 aliphatic heterocycles. The molecule has 1 aliphatic rings. The molecule has 1 unspecified atom stereocenters. The minimum Gasteiger partial charge on any atom is -0.293 e. The maximum Gasteiger partial charge on any atom is 0.179 e. The summed E-state index contributed by atoms with van der Waals surface area (Å²) in [6.07, 6.45) is 2.14. The quantitative estimate of drug-likeness (QED) is 0.681. The van der Waals surface area contributed by atoms with Crippen molar-refractivity contribution in [3.63, 3.8) is 0 Å². The Balaban J connectivity index is 1.50. The van der Waals surface area contributed by atoms with Crippen LogP contribution in [0.5, 0.6) is 0 Å². The number of thiazole rings is 1. The summed E-state index contributed by atoms with van der Waals surface area (Å²) in [6, 6.07) is 17.1. The SMILES string of the molecule is O=S(=O)(CCN1CCCC1c1nc2ccccc2s1)c1ccccc1. The molecule has 4 rings (SSSR count). The topological polar surface area (TPSA) is 50.3 Å². The highest BCUT2D eigenvalue weighted by Crippen LogP contribution is 2.36. The first kappa shape index (κ1) is 16.7. The Hall–Kier alpha value is -1.76. The fraction of sp³-hybridized carbons (Fsp3) is 0.316. The Morgan fingerprint density at radius 3 is 2.64 bits per heavy atom. The van der Waals surface area contributed by atoms with Crippen LogP contribution in [0.15, 0.2) is 59.5 Å². The first-order valence-electron chi connectivity index (χ1n) is 8.51. The minimum absolute atomic E-state index is 0.151. The Morgan fingerprint density at radius 2 is 1.84 bits per heavy atom. The summed E-state index contributed by atoms with van der Waals surface area (Å²) in [5.74, 6) is 0.151. The van der Waals surface area contributed by atoms with Crippen LogP contribution in [0.3, 0.4) is 0 Å². The highest BCUT2D eigenvalue weighted by Gasteiger charge is 2.29. The molecule has 2 aromatic carbocycles. The Labute approximate surface area is 152 Å². The van der Waals surface area contributed by atoms with Crippen molar-refractivity contribution < 1.29 is 8.42 Å². The Bertz CT molecular complexity index is 934. The van der Waals surface area contributed by atoms with Gasteiger partial charge in [-0.25, -0.2) is 13.4 Å². The number of benzene rings is 2. The van der Waals surface area contributed by atoms with E-state index in [-0.39, 0.29) is 11.8 Å². The van der Waals surface area contributed by atoms with Gasteiger partial charge in [-0.05, 0) is 43.7 Å². The van der Waals surface area contributed by atoms with Gasteiger partial charge in [-0.2, -0.15) is 0 Å². The Kier molecular flexibility index (Phi) is 4.58. The Morgan fingerprint density at radius 1 is 1.08 bits per heavy atom. The second-order valence-corrected chi connectivity index (χ2v) is 9.52. The van der Waals surface area contributed by atoms with Gasteiger partial charge in [-0.1, -0.05) is 30.3 Å². The van der Waals surface area contributed by atoms with E-state index in [4.69, 9.17) is 4.98 Å². The third-order valence-corrected chi connectivity index (χ3v) is 7.56. The van der Waals surface area contributed by atoms with E-state index in [1.54, 1.807) is 35.6 Å². The van der Waals surface area contributed by atoms with Crippen LogP contribution in [-0.4, -0.2) is 37.1 Å². The van der Waals surface area contributed by atoms with Crippen LogP contribution in [0.1, 0.15) is 23.9 Å². The maximum atomic E-state index is 12.5. The molecule has 130 valence electrons. The van der Waals surface area contributed by atoms with Gasteiger partial charge in [0.25, 0.3) is 0 Å². The number of sulfone groups is 1. The fourth-order valence-corrected chi connectivity index (χ4v) is 5.81. The minimum atomic E-state index is -3.24. The lowest BCUT2D eigenvalue weighted by Gasteiger charge is -2.22. The molecule has 25 heavy (non-hydrogen) atoms. The van der Waals surface area contributed by atoms with E-state index >= 15 is 0 Å². The van der Waals surface area contributed by atoms with Crippen LogP contribution >= 0.6 is 11.3 Å². The summed E-state index contributed by atoms with van der Waals surface area (Å²) in [5.41, 5.74) is 1.03. The normalized spacial score (nSPS) is 18.8. The summed E-state index contributed by atoms with van der Waals surface area (Å²) >= 11 is 1.73. The van der Waals surface area contributed by atoms with E-state index in [0.29, 0.717) is 11.4 Å². The lowest BCUT2D eigenvalue weighted by Crippen LogP contribution is -2.29. The molecule has 6 heteroatoms. The average molecular weight is 373 g/mol. The van der Waals surface area contributed by atoms with Gasteiger partial charge >= 0.3 is 0 Å². The number of nitrogens with zero attached hydrogens (tertiary/aromatic N) is 2. The summed E-state index contributed by atoms with van der Waals surface area (Å²) in [5, 5.41) is 1.11. The molecule has 0 radical (unpaired) electrons. The number of para-hydroxylation sites is 1. The van der Waals surface area contributed by atoms with Gasteiger partial charge in [0.1, 0.15) is 5.01 Å². The number of rotatable bonds is 5. The number of fused-ring (bicyclic) bond motifs is 1. The molecule has 1 saturated heterocycles. The first-order chi connectivity index (χ1) is 12.1. The monoisotopic (exact) mass is 372 g/mol. The molecule has 4 nitrogen and oxygen atoms in total. The van der Waals surface area contributed by atoms with Crippen LogP contribution in [0.25, 0.3) is 10.2 Å². The number of hydrogen-bond donors (Lipinski definition) is 0. The lowest BCUT2D eigenvalue weighted by molar-refractivity contribution is 0.272. The van der Waals surface area contributed by atoms with Gasteiger partial charge in [-0.15, -0.1) is 11.3 Å². The number of likely N-dealkylation sites (tertiary alicyclic amines) is 1. The summed E-state index contributed by atoms with van der Waals surface area (Å²) in [6.45, 7) is 1.49. The van der Waals surface area contributed by atoms with Gasteiger partial charge in [0, 0.05) is 6.54 Å². The molecule has 3 aromatic rings. The van der Waals surface area contributed by atoms with Crippen LogP contribution in [-0.2, 0) is 9.84 Å². The van der Waals surface area contributed by atoms with Gasteiger partial charge in [0.2, 0.25) is 0 Å². The van der Waals surface area contributed by atoms with Crippen molar-refractivity contribution in [1.82, 2.24) is 9.88 Å². The second kappa shape index (κ2) is 6.86. The number of aromatic nitrogens is 1. The van der Waals surface area contributed by atoms with Crippen molar-refractivity contribution in [3.8, 4) is 0 Å². The van der Waals surface area contributed by atoms with Gasteiger partial charge in [0.05, 0.1) is 26.9 Å². The van der Waals surface area contributed by atoms with Crippen LogP contribution in [0.2, 0.25) is 0 Å². The molecule has 1 aromatic heterocycles. The van der Waals surface area contributed by atoms with Crippen LogP contribution in [0, 0.1) is 0 Å². The largest absolute Gasteiger partial charge is 0.293 e. The van der Waals surface area contributed by atoms with E-state index in [1.807, 2.05) is 24.3 Å². The van der Waals surface area contributed by atoms with Crippen molar-refractivity contribution >= 4 is 31.4 Å². The zero-order valence-corrected chi connectivity index (χ0v) is 15.5. The molecule has 0 bridgehead atoms. The van der Waals surface area contributed by atoms with Gasteiger partial charge in [-0.3, -0.25) is 4.90 Å². The third kappa shape index (κ3) is 3.47. The van der Waals surface area contributed by atoms with Crippen LogP contribution in [0.4, 0.5) is 0 Å². The molecular weight excluding hydrogens is 352 g/mol. The molecular formula is C19H20N2O2S2. The van der Waals surface area contributed by atoms with E-state index in [2.05, 4.69) is 11.0 Å². The predicted octanol–water partition coefficient (Wildman–Crippen LogP) is 3.91. The molecule has 0 amide bonds. The third-order valence-electron chi connectivity index (χ3n) is 4.71. The summed E-state index contributed by atoms with van der Waals surface area (Å²) < 4.78 is 26.3. The molecule has 0 saturated carbocycles. The van der Waals surface area contributed by atoms with Crippen molar-refractivity contribution in [3.05, 3.63) is 59.6 Å². The van der Waals surface area contributed by atoms with Crippen molar-refractivity contribution in [2.75, 3.05) is 18.8 Å². The predicted molar refractivity (Wildman–Crippen MR) is 102 cm³/mol. The highest BCUT2D eigenvalue weighted by atomic mass is 32.2. The summed E-state index contributed by atoms with van der Waals surface area (Å²) in [4.78, 5) is 7.46. The van der Waals surface area contributed by atoms with E-state index in [0.717, 1.165) is 29.9 Å². The highest BCUT2D eigenvalue weighted by molar-refractivity contribution is 7.91. The molecule has 0 N–H and O–H groups in total. The molecule has 0 aliphatic carbocycles. The van der Waals surface area contributed by atoms with E-state index < -0.39 is 9.84 Å². The maximum absolute atomic E-state index is 12.5. The van der Waals surface area contributed by atoms with E-state index in [9.17, 15) is 8.42 Å². The standard InChI is InChI=1S/C19H20N2O2S2/c22-25(23,15-7-2-1-3-8-15)14-13-21-12-6-10-17(21)19-20-16-9-4-5-11-18(16)24-19/h1-5,7-9,11,17H,6,10,12-14H2. The molecule has 0 spiro atoms.